The molecule has 0 spiro atoms. The van der Waals surface area contributed by atoms with Crippen molar-refractivity contribution in [2.45, 2.75) is 61.9 Å². The van der Waals surface area contributed by atoms with E-state index in [1.165, 1.54) is 5.56 Å². The molecule has 0 saturated carbocycles. The van der Waals surface area contributed by atoms with E-state index in [9.17, 15) is 9.00 Å². The first-order valence-electron chi connectivity index (χ1n) is 13.8. The maximum Gasteiger partial charge on any atom is 0.220 e. The number of ether oxygens (including phenoxy) is 1. The third-order valence-corrected chi connectivity index (χ3v) is 9.69. The van der Waals surface area contributed by atoms with Gasteiger partial charge >= 0.3 is 0 Å². The minimum Gasteiger partial charge on any atom is -0.496 e. The van der Waals surface area contributed by atoms with E-state index in [0.29, 0.717) is 28.9 Å². The molecule has 1 fully saturated rings. The molecule has 0 aromatic heterocycles. The molecule has 3 unspecified atom stereocenters. The molecule has 3 atom stereocenters. The molecule has 5 nitrogen and oxygen atoms in total. The number of methoxy groups -OCH3 is 1. The van der Waals surface area contributed by atoms with Crippen molar-refractivity contribution in [1.82, 2.24) is 10.2 Å². The van der Waals surface area contributed by atoms with Gasteiger partial charge in [0.1, 0.15) is 5.75 Å². The third kappa shape index (κ3) is 7.88. The summed E-state index contributed by atoms with van der Waals surface area (Å²) in [6.45, 7) is 4.58. The summed E-state index contributed by atoms with van der Waals surface area (Å²) in [6, 6.07) is 21.8. The zero-order valence-electron chi connectivity index (χ0n) is 23.4. The molecule has 0 radical (unpaired) electrons. The number of rotatable bonds is 11. The summed E-state index contributed by atoms with van der Waals surface area (Å²) in [5.74, 6) is 1.14. The number of benzene rings is 3. The molecule has 8 heteroatoms. The van der Waals surface area contributed by atoms with Crippen molar-refractivity contribution in [2.75, 3.05) is 26.5 Å². The molecular weight excluding hydrogens is 563 g/mol. The van der Waals surface area contributed by atoms with Gasteiger partial charge in [-0.25, -0.2) is 0 Å². The normalized spacial score (nSPS) is 16.7. The van der Waals surface area contributed by atoms with Gasteiger partial charge < -0.3 is 15.0 Å². The smallest absolute Gasteiger partial charge is 0.220 e. The maximum atomic E-state index is 13.1. The van der Waals surface area contributed by atoms with Crippen LogP contribution in [0.15, 0.2) is 71.6 Å². The zero-order valence-corrected chi connectivity index (χ0v) is 25.7. The van der Waals surface area contributed by atoms with E-state index in [-0.39, 0.29) is 17.9 Å². The predicted octanol–water partition coefficient (Wildman–Crippen LogP) is 7.19. The van der Waals surface area contributed by atoms with E-state index in [1.807, 2.05) is 60.7 Å². The Morgan fingerprint density at radius 3 is 2.45 bits per heavy atom. The van der Waals surface area contributed by atoms with Crippen LogP contribution in [-0.4, -0.2) is 47.5 Å². The molecule has 4 rings (SSSR count). The Labute approximate surface area is 250 Å². The molecule has 1 aliphatic rings. The molecule has 1 N–H and O–H groups in total. The lowest BCUT2D eigenvalue weighted by molar-refractivity contribution is -0.121. The Morgan fingerprint density at radius 2 is 1.75 bits per heavy atom. The minimum absolute atomic E-state index is 0.0107. The Morgan fingerprint density at radius 1 is 1.05 bits per heavy atom. The fourth-order valence-corrected chi connectivity index (χ4v) is 6.88. The van der Waals surface area contributed by atoms with Crippen LogP contribution in [0.5, 0.6) is 5.75 Å². The first-order chi connectivity index (χ1) is 19.3. The van der Waals surface area contributed by atoms with Gasteiger partial charge in [0.25, 0.3) is 0 Å². The molecule has 1 amide bonds. The molecule has 1 aliphatic heterocycles. The number of carbonyl (C=O) groups excluding carboxylic acids is 1. The largest absolute Gasteiger partial charge is 0.496 e. The van der Waals surface area contributed by atoms with Crippen LogP contribution in [-0.2, 0) is 22.1 Å². The van der Waals surface area contributed by atoms with Crippen LogP contribution in [0.3, 0.4) is 0 Å². The molecule has 1 heterocycles. The number of hydrogen-bond acceptors (Lipinski definition) is 4. The SMILES string of the molecule is COc1ccccc1CNC(=O)CC(CC(C)N1CCC(c2ccccc2S(C)=O)CC1)c1ccc(Cl)c(Cl)c1. The van der Waals surface area contributed by atoms with Crippen molar-refractivity contribution in [3.05, 3.63) is 93.5 Å². The number of para-hydroxylation sites is 1. The van der Waals surface area contributed by atoms with Crippen LogP contribution in [0.4, 0.5) is 0 Å². The predicted molar refractivity (Wildman–Crippen MR) is 165 cm³/mol. The van der Waals surface area contributed by atoms with E-state index in [4.69, 9.17) is 27.9 Å². The van der Waals surface area contributed by atoms with E-state index in [0.717, 1.165) is 54.1 Å². The van der Waals surface area contributed by atoms with Crippen molar-refractivity contribution in [2.24, 2.45) is 0 Å². The lowest BCUT2D eigenvalue weighted by atomic mass is 9.86. The van der Waals surface area contributed by atoms with Crippen LogP contribution >= 0.6 is 23.2 Å². The van der Waals surface area contributed by atoms with Crippen LogP contribution in [0.25, 0.3) is 0 Å². The van der Waals surface area contributed by atoms with Gasteiger partial charge in [0, 0.05) is 35.7 Å². The topological polar surface area (TPSA) is 58.6 Å². The van der Waals surface area contributed by atoms with Crippen molar-refractivity contribution < 1.29 is 13.7 Å². The van der Waals surface area contributed by atoms with Crippen LogP contribution < -0.4 is 10.1 Å². The Bertz CT molecular complexity index is 1330. The Balaban J connectivity index is 1.42. The van der Waals surface area contributed by atoms with E-state index < -0.39 is 10.8 Å². The molecule has 0 bridgehead atoms. The highest BCUT2D eigenvalue weighted by atomic mass is 35.5. The number of amides is 1. The van der Waals surface area contributed by atoms with Crippen molar-refractivity contribution in [3.8, 4) is 5.75 Å². The van der Waals surface area contributed by atoms with Gasteiger partial charge in [0.2, 0.25) is 5.91 Å². The number of hydrogen-bond donors (Lipinski definition) is 1. The van der Waals surface area contributed by atoms with Crippen LogP contribution in [0, 0.1) is 0 Å². The second-order valence-corrected chi connectivity index (χ2v) is 12.7. The fraction of sp³-hybridized carbons (Fsp3) is 0.406. The number of halogens is 2. The summed E-state index contributed by atoms with van der Waals surface area (Å²) in [7, 11) is 0.640. The quantitative estimate of drug-likeness (QED) is 0.253. The summed E-state index contributed by atoms with van der Waals surface area (Å²) < 4.78 is 17.7. The van der Waals surface area contributed by atoms with Gasteiger partial charge in [-0.05, 0) is 86.5 Å². The van der Waals surface area contributed by atoms with Crippen molar-refractivity contribution >= 4 is 39.9 Å². The lowest BCUT2D eigenvalue weighted by Crippen LogP contribution is -2.40. The van der Waals surface area contributed by atoms with Gasteiger partial charge in [0.15, 0.2) is 0 Å². The average molecular weight is 602 g/mol. The number of carbonyl (C=O) groups is 1. The summed E-state index contributed by atoms with van der Waals surface area (Å²) in [5.41, 5.74) is 3.17. The lowest BCUT2D eigenvalue weighted by Gasteiger charge is -2.38. The first-order valence-corrected chi connectivity index (χ1v) is 16.1. The molecule has 1 saturated heterocycles. The van der Waals surface area contributed by atoms with Crippen molar-refractivity contribution in [3.63, 3.8) is 0 Å². The average Bonchev–Trinajstić information content (AvgIpc) is 2.97. The fourth-order valence-electron chi connectivity index (χ4n) is 5.73. The van der Waals surface area contributed by atoms with Gasteiger partial charge in [-0.3, -0.25) is 9.00 Å². The molecule has 3 aromatic rings. The third-order valence-electron chi connectivity index (χ3n) is 7.96. The number of likely N-dealkylation sites (tertiary alicyclic amines) is 1. The monoisotopic (exact) mass is 600 g/mol. The molecular formula is C32H38Cl2N2O3S. The summed E-state index contributed by atoms with van der Waals surface area (Å²) in [4.78, 5) is 16.6. The zero-order chi connectivity index (χ0) is 28.6. The first kappa shape index (κ1) is 30.6. The molecule has 0 aliphatic carbocycles. The van der Waals surface area contributed by atoms with E-state index in [1.54, 1.807) is 13.4 Å². The Kier molecular flexibility index (Phi) is 11.1. The summed E-state index contributed by atoms with van der Waals surface area (Å²) in [6.07, 6.45) is 4.97. The maximum absolute atomic E-state index is 13.1. The van der Waals surface area contributed by atoms with Gasteiger partial charge in [-0.2, -0.15) is 0 Å². The number of piperidine rings is 1. The van der Waals surface area contributed by atoms with Gasteiger partial charge in [0.05, 0.1) is 28.0 Å². The second kappa shape index (κ2) is 14.5. The van der Waals surface area contributed by atoms with E-state index >= 15 is 0 Å². The summed E-state index contributed by atoms with van der Waals surface area (Å²) >= 11 is 12.6. The highest BCUT2D eigenvalue weighted by Crippen LogP contribution is 2.35. The Hall–Kier alpha value is -2.38. The standard InChI is InChI=1S/C32H38Cl2N2O3S/c1-22(36-16-14-23(15-17-36)27-9-5-7-11-31(27)40(3)38)18-26(24-12-13-28(33)29(34)19-24)20-32(37)35-21-25-8-4-6-10-30(25)39-2/h4-13,19,22-23,26H,14-18,20-21H2,1-3H3,(H,35,37). The van der Waals surface area contributed by atoms with Crippen molar-refractivity contribution in [1.29, 1.82) is 0 Å². The molecule has 40 heavy (non-hydrogen) atoms. The van der Waals surface area contributed by atoms with Crippen LogP contribution in [0.1, 0.15) is 61.1 Å². The molecule has 214 valence electrons. The highest BCUT2D eigenvalue weighted by Gasteiger charge is 2.28. The van der Waals surface area contributed by atoms with E-state index in [2.05, 4.69) is 23.2 Å². The highest BCUT2D eigenvalue weighted by molar-refractivity contribution is 7.84. The minimum atomic E-state index is -0.993. The summed E-state index contributed by atoms with van der Waals surface area (Å²) in [5, 5.41) is 4.08. The molecule has 3 aromatic carbocycles. The van der Waals surface area contributed by atoms with Crippen LogP contribution in [0.2, 0.25) is 10.0 Å². The number of nitrogens with zero attached hydrogens (tertiary/aromatic N) is 1. The van der Waals surface area contributed by atoms with Gasteiger partial charge in [-0.15, -0.1) is 0 Å². The van der Waals surface area contributed by atoms with Gasteiger partial charge in [-0.1, -0.05) is 65.7 Å². The second-order valence-electron chi connectivity index (χ2n) is 10.6. The number of nitrogens with one attached hydrogen (secondary N) is 1.